The van der Waals surface area contributed by atoms with Gasteiger partial charge >= 0.3 is 0 Å². The largest absolute Gasteiger partial charge is 0.428 e. The van der Waals surface area contributed by atoms with Gasteiger partial charge in [0.05, 0.1) is 4.43 Å². The van der Waals surface area contributed by atoms with Crippen LogP contribution in [0.4, 0.5) is 0 Å². The Kier molecular flexibility index (Phi) is 1.65. The molecular weight excluding hydrogens is 168 g/mol. The zero-order chi connectivity index (χ0) is 9.59. The second-order valence-electron chi connectivity index (χ2n) is 3.52. The van der Waals surface area contributed by atoms with E-state index in [-0.39, 0.29) is 0 Å². The summed E-state index contributed by atoms with van der Waals surface area (Å²) in [6.45, 7) is 3.48. The van der Waals surface area contributed by atoms with Crippen molar-refractivity contribution in [1.29, 1.82) is 0 Å². The molecule has 0 aromatic carbocycles. The van der Waals surface area contributed by atoms with Crippen LogP contribution in [0.1, 0.15) is 29.2 Å². The highest BCUT2D eigenvalue weighted by atomic mass is 16.5. The molecule has 1 heterocycles. The SMILES string of the molecule is Cc1c(C)[n+](=O)c2c(n1O)CCC2. The number of rotatable bonds is 0. The molecule has 4 heteroatoms. The highest BCUT2D eigenvalue weighted by Gasteiger charge is 2.28. The molecule has 1 aliphatic carbocycles. The van der Waals surface area contributed by atoms with Crippen molar-refractivity contribution in [3.05, 3.63) is 27.7 Å². The van der Waals surface area contributed by atoms with Crippen LogP contribution in [0.5, 0.6) is 0 Å². The van der Waals surface area contributed by atoms with Crippen LogP contribution in [0.3, 0.4) is 0 Å². The lowest BCUT2D eigenvalue weighted by molar-refractivity contribution is -0.514. The minimum absolute atomic E-state index is 0.586. The summed E-state index contributed by atoms with van der Waals surface area (Å²) in [5.41, 5.74) is 2.72. The van der Waals surface area contributed by atoms with Crippen molar-refractivity contribution in [1.82, 2.24) is 4.73 Å². The van der Waals surface area contributed by atoms with Crippen molar-refractivity contribution in [3.63, 3.8) is 0 Å². The summed E-state index contributed by atoms with van der Waals surface area (Å²) in [7, 11) is 0. The van der Waals surface area contributed by atoms with Crippen molar-refractivity contribution < 1.29 is 9.63 Å². The molecule has 4 nitrogen and oxygen atoms in total. The number of hydrogen-bond donors (Lipinski definition) is 1. The van der Waals surface area contributed by atoms with Gasteiger partial charge < -0.3 is 5.21 Å². The number of aromatic nitrogens is 2. The molecule has 0 bridgehead atoms. The van der Waals surface area contributed by atoms with E-state index in [1.165, 1.54) is 0 Å². The summed E-state index contributed by atoms with van der Waals surface area (Å²) in [4.78, 5) is 11.6. The minimum Gasteiger partial charge on any atom is -0.428 e. The first-order valence-electron chi connectivity index (χ1n) is 4.48. The summed E-state index contributed by atoms with van der Waals surface area (Å²) in [6.07, 6.45) is 2.54. The third-order valence-electron chi connectivity index (χ3n) is 2.81. The molecule has 1 aromatic rings. The maximum Gasteiger partial charge on any atom is 0.262 e. The average Bonchev–Trinajstić information content (AvgIpc) is 2.59. The molecule has 1 aromatic heterocycles. The van der Waals surface area contributed by atoms with E-state index in [1.54, 1.807) is 13.8 Å². The van der Waals surface area contributed by atoms with Gasteiger partial charge in [0.2, 0.25) is 0 Å². The molecule has 0 radical (unpaired) electrons. The van der Waals surface area contributed by atoms with Crippen LogP contribution in [0.25, 0.3) is 0 Å². The van der Waals surface area contributed by atoms with Crippen LogP contribution in [-0.4, -0.2) is 9.94 Å². The number of fused-ring (bicyclic) bond motifs is 1. The molecule has 0 atom stereocenters. The Morgan fingerprint density at radius 1 is 1.38 bits per heavy atom. The normalized spacial score (nSPS) is 14.6. The fourth-order valence-electron chi connectivity index (χ4n) is 1.86. The summed E-state index contributed by atoms with van der Waals surface area (Å²) < 4.78 is 2.11. The molecule has 0 spiro atoms. The first kappa shape index (κ1) is 8.29. The van der Waals surface area contributed by atoms with Gasteiger partial charge in [0.1, 0.15) is 11.4 Å². The van der Waals surface area contributed by atoms with Gasteiger partial charge in [-0.25, -0.2) is 0 Å². The van der Waals surface area contributed by atoms with Gasteiger partial charge in [-0.3, -0.25) is 0 Å². The standard InChI is InChI=1S/C9H13N2O2/c1-6-7(2)11(13)9-5-3-4-8(9)10(6)12/h12H,3-5H2,1-2H3/q+1. The molecule has 70 valence electrons. The van der Waals surface area contributed by atoms with Crippen LogP contribution in [-0.2, 0) is 12.8 Å². The van der Waals surface area contributed by atoms with Gasteiger partial charge in [-0.15, -0.1) is 0 Å². The van der Waals surface area contributed by atoms with Gasteiger partial charge in [0, 0.05) is 18.3 Å². The van der Waals surface area contributed by atoms with Crippen LogP contribution >= 0.6 is 0 Å². The first-order valence-corrected chi connectivity index (χ1v) is 4.48. The molecule has 0 saturated carbocycles. The highest BCUT2D eigenvalue weighted by Crippen LogP contribution is 2.19. The van der Waals surface area contributed by atoms with Crippen LogP contribution < -0.4 is 4.43 Å². The molecule has 1 aliphatic rings. The Bertz CT molecular complexity index is 421. The van der Waals surface area contributed by atoms with Gasteiger partial charge in [-0.2, -0.15) is 4.73 Å². The molecular formula is C9H13N2O2+. The second kappa shape index (κ2) is 2.58. The summed E-state index contributed by atoms with van der Waals surface area (Å²) in [6, 6.07) is 0. The van der Waals surface area contributed by atoms with Gasteiger partial charge in [0.15, 0.2) is 0 Å². The predicted molar refractivity (Wildman–Crippen MR) is 46.5 cm³/mol. The van der Waals surface area contributed by atoms with Gasteiger partial charge in [-0.05, 0) is 19.8 Å². The lowest BCUT2D eigenvalue weighted by Gasteiger charge is -2.04. The highest BCUT2D eigenvalue weighted by molar-refractivity contribution is 5.18. The van der Waals surface area contributed by atoms with E-state index in [0.29, 0.717) is 11.4 Å². The zero-order valence-corrected chi connectivity index (χ0v) is 7.87. The zero-order valence-electron chi connectivity index (χ0n) is 7.87. The summed E-state index contributed by atoms with van der Waals surface area (Å²) >= 11 is 0. The Morgan fingerprint density at radius 3 is 2.77 bits per heavy atom. The Morgan fingerprint density at radius 2 is 2.08 bits per heavy atom. The van der Waals surface area contributed by atoms with E-state index < -0.39 is 0 Å². The molecule has 0 aliphatic heterocycles. The second-order valence-corrected chi connectivity index (χ2v) is 3.52. The number of nitrogens with zero attached hydrogens (tertiary/aromatic N) is 2. The maximum absolute atomic E-state index is 11.6. The minimum atomic E-state index is 0.586. The average molecular weight is 181 g/mol. The van der Waals surface area contributed by atoms with E-state index in [1.807, 2.05) is 0 Å². The fraction of sp³-hybridized carbons (Fsp3) is 0.556. The van der Waals surface area contributed by atoms with Crippen molar-refractivity contribution in [2.45, 2.75) is 33.1 Å². The summed E-state index contributed by atoms with van der Waals surface area (Å²) in [5, 5.41) is 9.69. The third-order valence-corrected chi connectivity index (χ3v) is 2.81. The molecule has 0 fully saturated rings. The van der Waals surface area contributed by atoms with Gasteiger partial charge in [0.25, 0.3) is 11.4 Å². The fourth-order valence-corrected chi connectivity index (χ4v) is 1.86. The van der Waals surface area contributed by atoms with Crippen LogP contribution in [0.15, 0.2) is 0 Å². The van der Waals surface area contributed by atoms with Crippen molar-refractivity contribution >= 4 is 0 Å². The molecule has 1 N–H and O–H groups in total. The number of hydrogen-bond acceptors (Lipinski definition) is 2. The molecule has 13 heavy (non-hydrogen) atoms. The van der Waals surface area contributed by atoms with Crippen LogP contribution in [0, 0.1) is 18.8 Å². The molecule has 0 amide bonds. The van der Waals surface area contributed by atoms with E-state index >= 15 is 0 Å². The Hall–Kier alpha value is -1.32. The van der Waals surface area contributed by atoms with Crippen molar-refractivity contribution in [2.24, 2.45) is 0 Å². The van der Waals surface area contributed by atoms with Crippen LogP contribution in [0.2, 0.25) is 0 Å². The molecule has 2 rings (SSSR count). The maximum atomic E-state index is 11.6. The monoisotopic (exact) mass is 181 g/mol. The Balaban J connectivity index is 2.85. The van der Waals surface area contributed by atoms with E-state index in [9.17, 15) is 10.1 Å². The van der Waals surface area contributed by atoms with E-state index in [0.717, 1.165) is 39.8 Å². The van der Waals surface area contributed by atoms with E-state index in [4.69, 9.17) is 0 Å². The van der Waals surface area contributed by atoms with Gasteiger partial charge in [-0.1, -0.05) is 0 Å². The predicted octanol–water partition coefficient (Wildman–Crippen LogP) is 0.745. The van der Waals surface area contributed by atoms with E-state index in [2.05, 4.69) is 0 Å². The smallest absolute Gasteiger partial charge is 0.262 e. The third kappa shape index (κ3) is 0.978. The van der Waals surface area contributed by atoms with Crippen molar-refractivity contribution in [3.8, 4) is 0 Å². The molecule has 0 saturated heterocycles. The quantitative estimate of drug-likeness (QED) is 0.474. The lowest BCUT2D eigenvalue weighted by atomic mass is 10.3. The Labute approximate surface area is 76.0 Å². The topological polar surface area (TPSA) is 48.1 Å². The summed E-state index contributed by atoms with van der Waals surface area (Å²) in [5.74, 6) is 0. The lowest BCUT2D eigenvalue weighted by Crippen LogP contribution is -2.29. The first-order chi connectivity index (χ1) is 6.13. The van der Waals surface area contributed by atoms with Crippen molar-refractivity contribution in [2.75, 3.05) is 0 Å². The molecule has 0 unspecified atom stereocenters.